The summed E-state index contributed by atoms with van der Waals surface area (Å²) in [7, 11) is -3.48. The summed E-state index contributed by atoms with van der Waals surface area (Å²) in [4.78, 5) is 0.339. The highest BCUT2D eigenvalue weighted by molar-refractivity contribution is 7.89. The number of sulfonamides is 1. The molecular weight excluding hydrogens is 302 g/mol. The van der Waals surface area contributed by atoms with Crippen LogP contribution in [0.2, 0.25) is 0 Å². The second kappa shape index (κ2) is 6.50. The molecule has 1 saturated carbocycles. The summed E-state index contributed by atoms with van der Waals surface area (Å²) in [6.07, 6.45) is 3.03. The van der Waals surface area contributed by atoms with Crippen LogP contribution in [0.3, 0.4) is 0 Å². The van der Waals surface area contributed by atoms with Gasteiger partial charge in [-0.15, -0.1) is 6.58 Å². The Hall–Kier alpha value is -1.21. The van der Waals surface area contributed by atoms with E-state index in [2.05, 4.69) is 6.58 Å². The molecule has 1 heterocycles. The molecule has 0 spiro atoms. The predicted molar refractivity (Wildman–Crippen MR) is 83.0 cm³/mol. The maximum atomic E-state index is 12.9. The van der Waals surface area contributed by atoms with Crippen LogP contribution in [0, 0.1) is 0 Å². The van der Waals surface area contributed by atoms with Crippen molar-refractivity contribution in [2.75, 3.05) is 19.8 Å². The van der Waals surface area contributed by atoms with Crippen LogP contribution >= 0.6 is 0 Å². The average molecular weight is 323 g/mol. The number of hydrogen-bond acceptors (Lipinski definition) is 4. The lowest BCUT2D eigenvalue weighted by Crippen LogP contribution is -2.53. The summed E-state index contributed by atoms with van der Waals surface area (Å²) in [5.41, 5.74) is 0. The molecule has 0 aromatic heterocycles. The Labute approximate surface area is 131 Å². The molecule has 1 aliphatic heterocycles. The van der Waals surface area contributed by atoms with Crippen molar-refractivity contribution in [2.24, 2.45) is 0 Å². The molecule has 0 amide bonds. The van der Waals surface area contributed by atoms with E-state index >= 15 is 0 Å². The summed E-state index contributed by atoms with van der Waals surface area (Å²) >= 11 is 0. The largest absolute Gasteiger partial charge is 0.372 e. The number of nitrogens with zero attached hydrogens (tertiary/aromatic N) is 1. The summed E-state index contributed by atoms with van der Waals surface area (Å²) < 4.78 is 38.9. The average Bonchev–Trinajstić information content (AvgIpc) is 2.96. The Morgan fingerprint density at radius 1 is 1.32 bits per heavy atom. The molecule has 1 saturated heterocycles. The fourth-order valence-electron chi connectivity index (χ4n) is 3.28. The SMILES string of the molecule is C=CCO[C@H]1CC[C@H]2[C@@H]1OCCN2S(=O)(=O)c1ccccc1. The molecule has 120 valence electrons. The molecule has 0 N–H and O–H groups in total. The molecular formula is C16H21NO4S. The van der Waals surface area contributed by atoms with E-state index in [4.69, 9.17) is 9.47 Å². The second-order valence-corrected chi connectivity index (χ2v) is 7.46. The molecule has 5 nitrogen and oxygen atoms in total. The van der Waals surface area contributed by atoms with E-state index in [1.54, 1.807) is 34.6 Å². The van der Waals surface area contributed by atoms with Gasteiger partial charge < -0.3 is 9.47 Å². The minimum absolute atomic E-state index is 0.0585. The minimum atomic E-state index is -3.48. The topological polar surface area (TPSA) is 55.8 Å². The molecule has 1 aliphatic carbocycles. The number of fused-ring (bicyclic) bond motifs is 1. The van der Waals surface area contributed by atoms with E-state index < -0.39 is 10.0 Å². The van der Waals surface area contributed by atoms with Gasteiger partial charge in [0.15, 0.2) is 0 Å². The molecule has 1 aromatic carbocycles. The minimum Gasteiger partial charge on any atom is -0.372 e. The van der Waals surface area contributed by atoms with Crippen molar-refractivity contribution < 1.29 is 17.9 Å². The van der Waals surface area contributed by atoms with Gasteiger partial charge in [0.05, 0.1) is 30.3 Å². The van der Waals surface area contributed by atoms with Crippen LogP contribution in [0.15, 0.2) is 47.9 Å². The zero-order valence-corrected chi connectivity index (χ0v) is 13.2. The summed E-state index contributed by atoms with van der Waals surface area (Å²) in [5, 5.41) is 0. The molecule has 0 bridgehead atoms. The van der Waals surface area contributed by atoms with E-state index in [1.807, 2.05) is 6.07 Å². The normalized spacial score (nSPS) is 29.2. The lowest BCUT2D eigenvalue weighted by Gasteiger charge is -2.38. The fraction of sp³-hybridized carbons (Fsp3) is 0.500. The quantitative estimate of drug-likeness (QED) is 0.776. The third kappa shape index (κ3) is 2.84. The summed E-state index contributed by atoms with van der Waals surface area (Å²) in [6, 6.07) is 8.44. The predicted octanol–water partition coefficient (Wildman–Crippen LogP) is 1.81. The molecule has 2 fully saturated rings. The van der Waals surface area contributed by atoms with Crippen molar-refractivity contribution in [1.29, 1.82) is 0 Å². The first-order valence-electron chi connectivity index (χ1n) is 7.55. The second-order valence-electron chi connectivity index (χ2n) is 5.57. The number of ether oxygens (including phenoxy) is 2. The maximum absolute atomic E-state index is 12.9. The number of hydrogen-bond donors (Lipinski definition) is 0. The standard InChI is InChI=1S/C16H21NO4S/c1-2-11-20-15-9-8-14-16(15)21-12-10-17(14)22(18,19)13-6-4-3-5-7-13/h2-7,14-16H,1,8-12H2/t14-,15-,16-/m0/s1. The third-order valence-electron chi connectivity index (χ3n) is 4.26. The van der Waals surface area contributed by atoms with Gasteiger partial charge in [0, 0.05) is 6.54 Å². The van der Waals surface area contributed by atoms with Crippen molar-refractivity contribution in [3.05, 3.63) is 43.0 Å². The summed E-state index contributed by atoms with van der Waals surface area (Å²) in [5.74, 6) is 0. The molecule has 22 heavy (non-hydrogen) atoms. The van der Waals surface area contributed by atoms with Crippen LogP contribution in [-0.2, 0) is 19.5 Å². The molecule has 2 aliphatic rings. The van der Waals surface area contributed by atoms with Gasteiger partial charge in [-0.3, -0.25) is 0 Å². The van der Waals surface area contributed by atoms with Gasteiger partial charge in [-0.2, -0.15) is 4.31 Å². The van der Waals surface area contributed by atoms with E-state index in [-0.39, 0.29) is 18.2 Å². The lowest BCUT2D eigenvalue weighted by molar-refractivity contribution is -0.0911. The molecule has 0 radical (unpaired) electrons. The molecule has 0 unspecified atom stereocenters. The van der Waals surface area contributed by atoms with Crippen LogP contribution in [-0.4, -0.2) is 50.7 Å². The van der Waals surface area contributed by atoms with Crippen molar-refractivity contribution in [3.63, 3.8) is 0 Å². The van der Waals surface area contributed by atoms with Gasteiger partial charge in [0.1, 0.15) is 6.10 Å². The van der Waals surface area contributed by atoms with Gasteiger partial charge in [-0.25, -0.2) is 8.42 Å². The van der Waals surface area contributed by atoms with E-state index in [1.165, 1.54) is 0 Å². The Bertz CT molecular complexity index is 616. The smallest absolute Gasteiger partial charge is 0.243 e. The first-order chi connectivity index (χ1) is 10.6. The van der Waals surface area contributed by atoms with Crippen LogP contribution in [0.5, 0.6) is 0 Å². The number of benzene rings is 1. The maximum Gasteiger partial charge on any atom is 0.243 e. The number of morpholine rings is 1. The van der Waals surface area contributed by atoms with Crippen molar-refractivity contribution in [2.45, 2.75) is 36.0 Å². The Morgan fingerprint density at radius 3 is 2.82 bits per heavy atom. The highest BCUT2D eigenvalue weighted by atomic mass is 32.2. The van der Waals surface area contributed by atoms with Crippen LogP contribution < -0.4 is 0 Å². The van der Waals surface area contributed by atoms with Crippen LogP contribution in [0.1, 0.15) is 12.8 Å². The summed E-state index contributed by atoms with van der Waals surface area (Å²) in [6.45, 7) is 4.91. The van der Waals surface area contributed by atoms with Gasteiger partial charge in [-0.1, -0.05) is 24.3 Å². The zero-order valence-electron chi connectivity index (χ0n) is 12.4. The number of rotatable bonds is 5. The molecule has 3 rings (SSSR count). The fourth-order valence-corrected chi connectivity index (χ4v) is 4.95. The molecule has 1 aromatic rings. The Balaban J connectivity index is 1.82. The highest BCUT2D eigenvalue weighted by Gasteiger charge is 2.47. The monoisotopic (exact) mass is 323 g/mol. The Kier molecular flexibility index (Phi) is 4.63. The molecule has 6 heteroatoms. The van der Waals surface area contributed by atoms with Crippen molar-refractivity contribution in [1.82, 2.24) is 4.31 Å². The Morgan fingerprint density at radius 2 is 2.09 bits per heavy atom. The highest BCUT2D eigenvalue weighted by Crippen LogP contribution is 2.35. The van der Waals surface area contributed by atoms with Gasteiger partial charge in [-0.05, 0) is 25.0 Å². The van der Waals surface area contributed by atoms with Gasteiger partial charge in [0.2, 0.25) is 10.0 Å². The van der Waals surface area contributed by atoms with E-state index in [9.17, 15) is 8.42 Å². The van der Waals surface area contributed by atoms with E-state index in [0.29, 0.717) is 24.7 Å². The van der Waals surface area contributed by atoms with Gasteiger partial charge >= 0.3 is 0 Å². The lowest BCUT2D eigenvalue weighted by atomic mass is 10.1. The van der Waals surface area contributed by atoms with Gasteiger partial charge in [0.25, 0.3) is 0 Å². The molecule has 3 atom stereocenters. The van der Waals surface area contributed by atoms with Crippen molar-refractivity contribution in [3.8, 4) is 0 Å². The van der Waals surface area contributed by atoms with Crippen molar-refractivity contribution >= 4 is 10.0 Å². The zero-order chi connectivity index (χ0) is 15.6. The third-order valence-corrected chi connectivity index (χ3v) is 6.20. The van der Waals surface area contributed by atoms with E-state index in [0.717, 1.165) is 12.8 Å². The first kappa shape index (κ1) is 15.7. The van der Waals surface area contributed by atoms with Crippen LogP contribution in [0.4, 0.5) is 0 Å². The first-order valence-corrected chi connectivity index (χ1v) is 8.99. The van der Waals surface area contributed by atoms with Crippen LogP contribution in [0.25, 0.3) is 0 Å².